The van der Waals surface area contributed by atoms with E-state index in [4.69, 9.17) is 9.47 Å². The zero-order chi connectivity index (χ0) is 20.5. The summed E-state index contributed by atoms with van der Waals surface area (Å²) in [5.74, 6) is -0.424. The van der Waals surface area contributed by atoms with E-state index < -0.39 is 5.97 Å². The molecule has 6 nitrogen and oxygen atoms in total. The summed E-state index contributed by atoms with van der Waals surface area (Å²) in [4.78, 5) is 24.1. The zero-order valence-corrected chi connectivity index (χ0v) is 16.6. The lowest BCUT2D eigenvalue weighted by atomic mass is 10.0. The molecule has 2 rings (SSSR count). The van der Waals surface area contributed by atoms with E-state index >= 15 is 0 Å². The molecule has 2 aromatic carbocycles. The number of amides is 1. The second-order valence-electron chi connectivity index (χ2n) is 6.37. The number of rotatable bonds is 9. The van der Waals surface area contributed by atoms with Crippen LogP contribution in [0, 0.1) is 0 Å². The van der Waals surface area contributed by atoms with E-state index in [0.717, 1.165) is 35.2 Å². The van der Waals surface area contributed by atoms with Gasteiger partial charge in [-0.05, 0) is 48.1 Å². The molecule has 0 aliphatic carbocycles. The molecule has 2 N–H and O–H groups in total. The molecule has 150 valence electrons. The first kappa shape index (κ1) is 21.3. The van der Waals surface area contributed by atoms with Crippen molar-refractivity contribution in [3.63, 3.8) is 0 Å². The molecule has 6 heteroatoms. The largest absolute Gasteiger partial charge is 0.504 e. The van der Waals surface area contributed by atoms with Gasteiger partial charge in [0.15, 0.2) is 18.1 Å². The highest BCUT2D eigenvalue weighted by Gasteiger charge is 2.13. The van der Waals surface area contributed by atoms with Gasteiger partial charge in [0.25, 0.3) is 5.91 Å². The van der Waals surface area contributed by atoms with Crippen molar-refractivity contribution in [2.75, 3.05) is 19.0 Å². The fraction of sp³-hybridized carbons (Fsp3) is 0.364. The fourth-order valence-electron chi connectivity index (χ4n) is 2.93. The van der Waals surface area contributed by atoms with E-state index in [9.17, 15) is 14.7 Å². The van der Waals surface area contributed by atoms with Gasteiger partial charge >= 0.3 is 5.97 Å². The van der Waals surface area contributed by atoms with E-state index in [0.29, 0.717) is 12.2 Å². The molecule has 0 saturated heterocycles. The number of aromatic hydroxyl groups is 1. The average Bonchev–Trinajstić information content (AvgIpc) is 2.70. The molecule has 0 aliphatic heterocycles. The van der Waals surface area contributed by atoms with Crippen LogP contribution < -0.4 is 10.1 Å². The number of esters is 1. The molecule has 2 aromatic rings. The van der Waals surface area contributed by atoms with Gasteiger partial charge in [0.2, 0.25) is 0 Å². The molecule has 1 amide bonds. The van der Waals surface area contributed by atoms with Crippen LogP contribution in [0.4, 0.5) is 5.69 Å². The average molecular weight is 385 g/mol. The summed E-state index contributed by atoms with van der Waals surface area (Å²) in [6.07, 6.45) is 2.12. The number of hydrogen-bond donors (Lipinski definition) is 2. The quantitative estimate of drug-likeness (QED) is 0.644. The number of phenolic OH excluding ortho intramolecular Hbond substituents is 1. The number of carbonyl (C=O) groups is 2. The summed E-state index contributed by atoms with van der Waals surface area (Å²) in [7, 11) is 1.47. The highest BCUT2D eigenvalue weighted by molar-refractivity contribution is 5.94. The van der Waals surface area contributed by atoms with Crippen molar-refractivity contribution in [2.24, 2.45) is 0 Å². The molecular weight excluding hydrogens is 358 g/mol. The Balaban J connectivity index is 1.84. The number of ether oxygens (including phenoxy) is 2. The Morgan fingerprint density at radius 2 is 1.75 bits per heavy atom. The lowest BCUT2D eigenvalue weighted by Crippen LogP contribution is -2.22. The number of carbonyl (C=O) groups excluding carboxylic acids is 2. The number of aryl methyl sites for hydroxylation is 3. The van der Waals surface area contributed by atoms with Crippen molar-refractivity contribution in [1.82, 2.24) is 0 Å². The van der Waals surface area contributed by atoms with Crippen LogP contribution in [0.5, 0.6) is 11.5 Å². The van der Waals surface area contributed by atoms with Crippen molar-refractivity contribution in [2.45, 2.75) is 39.5 Å². The van der Waals surface area contributed by atoms with Gasteiger partial charge in [0, 0.05) is 12.1 Å². The van der Waals surface area contributed by atoms with E-state index in [-0.39, 0.29) is 24.7 Å². The van der Waals surface area contributed by atoms with Crippen LogP contribution in [0.2, 0.25) is 0 Å². The molecular formula is C22H27NO5. The summed E-state index contributed by atoms with van der Waals surface area (Å²) in [6, 6.07) is 10.9. The van der Waals surface area contributed by atoms with Crippen molar-refractivity contribution in [3.8, 4) is 11.5 Å². The molecule has 0 bridgehead atoms. The molecule has 0 atom stereocenters. The van der Waals surface area contributed by atoms with Crippen LogP contribution in [0.15, 0.2) is 36.4 Å². The Hall–Kier alpha value is -3.02. The second-order valence-corrected chi connectivity index (χ2v) is 6.37. The topological polar surface area (TPSA) is 84.9 Å². The number of hydrogen-bond acceptors (Lipinski definition) is 5. The number of para-hydroxylation sites is 1. The minimum absolute atomic E-state index is 0.0223. The molecule has 0 saturated carbocycles. The normalized spacial score (nSPS) is 10.4. The summed E-state index contributed by atoms with van der Waals surface area (Å²) in [6.45, 7) is 3.73. The molecule has 28 heavy (non-hydrogen) atoms. The first-order valence-corrected chi connectivity index (χ1v) is 9.40. The van der Waals surface area contributed by atoms with Crippen molar-refractivity contribution < 1.29 is 24.2 Å². The third kappa shape index (κ3) is 5.74. The fourth-order valence-corrected chi connectivity index (χ4v) is 2.93. The van der Waals surface area contributed by atoms with Gasteiger partial charge in [0.05, 0.1) is 7.11 Å². The second kappa shape index (κ2) is 10.3. The van der Waals surface area contributed by atoms with E-state index in [2.05, 4.69) is 5.32 Å². The molecule has 0 heterocycles. The van der Waals surface area contributed by atoms with Gasteiger partial charge in [-0.1, -0.05) is 38.1 Å². The Morgan fingerprint density at radius 1 is 1.07 bits per heavy atom. The maximum atomic E-state index is 12.2. The van der Waals surface area contributed by atoms with E-state index in [1.165, 1.54) is 7.11 Å². The van der Waals surface area contributed by atoms with Gasteiger partial charge in [-0.15, -0.1) is 0 Å². The van der Waals surface area contributed by atoms with Crippen LogP contribution in [-0.2, 0) is 33.6 Å². The van der Waals surface area contributed by atoms with Crippen LogP contribution in [0.1, 0.15) is 37.0 Å². The molecule has 0 radical (unpaired) electrons. The molecule has 0 fully saturated rings. The third-order valence-electron chi connectivity index (χ3n) is 4.49. The first-order chi connectivity index (χ1) is 13.5. The van der Waals surface area contributed by atoms with Gasteiger partial charge in [-0.3, -0.25) is 9.59 Å². The third-order valence-corrected chi connectivity index (χ3v) is 4.49. The molecule has 0 aliphatic rings. The SMILES string of the molecule is CCc1cccc(CC)c1NC(=O)COC(=O)CCc1ccc(OC)c(O)c1. The monoisotopic (exact) mass is 385 g/mol. The predicted octanol–water partition coefficient (Wildman–Crippen LogP) is 3.64. The minimum atomic E-state index is -0.468. The van der Waals surface area contributed by atoms with Crippen LogP contribution in [0.3, 0.4) is 0 Å². The summed E-state index contributed by atoms with van der Waals surface area (Å²) < 4.78 is 10.1. The number of benzene rings is 2. The van der Waals surface area contributed by atoms with Gasteiger partial charge < -0.3 is 19.9 Å². The lowest BCUT2D eigenvalue weighted by Gasteiger charge is -2.14. The Kier molecular flexibility index (Phi) is 7.87. The van der Waals surface area contributed by atoms with Gasteiger partial charge in [0.1, 0.15) is 0 Å². The number of phenols is 1. The maximum Gasteiger partial charge on any atom is 0.306 e. The minimum Gasteiger partial charge on any atom is -0.504 e. The lowest BCUT2D eigenvalue weighted by molar-refractivity contribution is -0.147. The maximum absolute atomic E-state index is 12.2. The first-order valence-electron chi connectivity index (χ1n) is 9.40. The van der Waals surface area contributed by atoms with Crippen LogP contribution in [0.25, 0.3) is 0 Å². The highest BCUT2D eigenvalue weighted by atomic mass is 16.5. The van der Waals surface area contributed by atoms with Crippen LogP contribution >= 0.6 is 0 Å². The standard InChI is InChI=1S/C22H27NO5/c1-4-16-7-6-8-17(5-2)22(16)23-20(25)14-28-21(26)12-10-15-9-11-19(27-3)18(24)13-15/h6-9,11,13,24H,4-5,10,12,14H2,1-3H3,(H,23,25). The Labute approximate surface area is 165 Å². The van der Waals surface area contributed by atoms with Crippen molar-refractivity contribution >= 4 is 17.6 Å². The van der Waals surface area contributed by atoms with E-state index in [1.807, 2.05) is 32.0 Å². The predicted molar refractivity (Wildman–Crippen MR) is 108 cm³/mol. The number of methoxy groups -OCH3 is 1. The van der Waals surface area contributed by atoms with Crippen molar-refractivity contribution in [3.05, 3.63) is 53.1 Å². The molecule has 0 aromatic heterocycles. The number of anilines is 1. The molecule has 0 unspecified atom stereocenters. The van der Waals surface area contributed by atoms with Gasteiger partial charge in [-0.25, -0.2) is 0 Å². The summed E-state index contributed by atoms with van der Waals surface area (Å²) in [5, 5.41) is 12.6. The number of nitrogens with one attached hydrogen (secondary N) is 1. The van der Waals surface area contributed by atoms with Crippen molar-refractivity contribution in [1.29, 1.82) is 0 Å². The molecule has 0 spiro atoms. The summed E-state index contributed by atoms with van der Waals surface area (Å²) in [5.41, 5.74) is 3.70. The highest BCUT2D eigenvalue weighted by Crippen LogP contribution is 2.26. The summed E-state index contributed by atoms with van der Waals surface area (Å²) >= 11 is 0. The van der Waals surface area contributed by atoms with E-state index in [1.54, 1.807) is 18.2 Å². The Bertz CT molecular complexity index is 809. The zero-order valence-electron chi connectivity index (χ0n) is 16.6. The van der Waals surface area contributed by atoms with Gasteiger partial charge in [-0.2, -0.15) is 0 Å². The smallest absolute Gasteiger partial charge is 0.306 e. The Morgan fingerprint density at radius 3 is 2.32 bits per heavy atom. The van der Waals surface area contributed by atoms with Crippen LogP contribution in [-0.4, -0.2) is 30.7 Å².